The first kappa shape index (κ1) is 14.5. The van der Waals surface area contributed by atoms with Gasteiger partial charge in [0.2, 0.25) is 0 Å². The van der Waals surface area contributed by atoms with Crippen LogP contribution in [0.25, 0.3) is 0 Å². The Balaban J connectivity index is 2.09. The predicted octanol–water partition coefficient (Wildman–Crippen LogP) is 3.60. The van der Waals surface area contributed by atoms with Crippen LogP contribution < -0.4 is 10.6 Å². The van der Waals surface area contributed by atoms with Gasteiger partial charge in [-0.15, -0.1) is 0 Å². The van der Waals surface area contributed by atoms with Gasteiger partial charge in [-0.2, -0.15) is 0 Å². The van der Waals surface area contributed by atoms with Gasteiger partial charge in [0.1, 0.15) is 0 Å². The van der Waals surface area contributed by atoms with E-state index in [-0.39, 0.29) is 6.61 Å². The van der Waals surface area contributed by atoms with Crippen molar-refractivity contribution in [2.75, 3.05) is 10.6 Å². The first-order valence-corrected chi connectivity index (χ1v) is 6.85. The molecule has 0 amide bonds. The molecular formula is C16H18N2OS. The van der Waals surface area contributed by atoms with Crippen LogP contribution in [0.3, 0.4) is 0 Å². The fraction of sp³-hybridized carbons (Fsp3) is 0.188. The number of nitrogens with one attached hydrogen (secondary N) is 2. The van der Waals surface area contributed by atoms with E-state index in [2.05, 4.69) is 23.6 Å². The first-order chi connectivity index (χ1) is 9.60. The third-order valence-electron chi connectivity index (χ3n) is 3.07. The lowest BCUT2D eigenvalue weighted by molar-refractivity contribution is 0.282. The summed E-state index contributed by atoms with van der Waals surface area (Å²) in [6.45, 7) is 4.08. The average molecular weight is 286 g/mol. The summed E-state index contributed by atoms with van der Waals surface area (Å²) < 4.78 is 0. The number of aryl methyl sites for hydroxylation is 2. The van der Waals surface area contributed by atoms with Gasteiger partial charge in [-0.1, -0.05) is 35.9 Å². The molecular weight excluding hydrogens is 268 g/mol. The van der Waals surface area contributed by atoms with E-state index in [1.54, 1.807) is 0 Å². The minimum atomic E-state index is -0.0185. The van der Waals surface area contributed by atoms with Crippen molar-refractivity contribution in [1.29, 1.82) is 0 Å². The number of hydrogen-bond acceptors (Lipinski definition) is 2. The van der Waals surface area contributed by atoms with E-state index in [0.717, 1.165) is 22.5 Å². The Morgan fingerprint density at radius 3 is 2.45 bits per heavy atom. The molecule has 2 aromatic carbocycles. The molecule has 0 bridgehead atoms. The van der Waals surface area contributed by atoms with Crippen molar-refractivity contribution < 1.29 is 5.11 Å². The molecule has 0 aliphatic carbocycles. The molecule has 0 aliphatic rings. The van der Waals surface area contributed by atoms with Gasteiger partial charge in [-0.05, 0) is 43.8 Å². The van der Waals surface area contributed by atoms with Crippen molar-refractivity contribution in [3.8, 4) is 0 Å². The third-order valence-corrected chi connectivity index (χ3v) is 3.27. The number of benzene rings is 2. The third kappa shape index (κ3) is 3.56. The quantitative estimate of drug-likeness (QED) is 0.754. The van der Waals surface area contributed by atoms with Crippen molar-refractivity contribution in [3.05, 3.63) is 59.2 Å². The van der Waals surface area contributed by atoms with Gasteiger partial charge in [-0.25, -0.2) is 0 Å². The maximum atomic E-state index is 9.29. The maximum Gasteiger partial charge on any atom is 0.175 e. The lowest BCUT2D eigenvalue weighted by atomic mass is 10.1. The Kier molecular flexibility index (Phi) is 4.71. The number of aliphatic hydroxyl groups excluding tert-OH is 1. The van der Waals surface area contributed by atoms with E-state index >= 15 is 0 Å². The van der Waals surface area contributed by atoms with Crippen molar-refractivity contribution >= 4 is 28.7 Å². The number of anilines is 2. The highest BCUT2D eigenvalue weighted by atomic mass is 32.1. The Labute approximate surface area is 124 Å². The molecule has 0 saturated carbocycles. The second-order valence-corrected chi connectivity index (χ2v) is 5.12. The zero-order valence-corrected chi connectivity index (χ0v) is 12.4. The molecule has 20 heavy (non-hydrogen) atoms. The summed E-state index contributed by atoms with van der Waals surface area (Å²) in [5, 5.41) is 16.1. The van der Waals surface area contributed by atoms with Gasteiger partial charge in [0.25, 0.3) is 0 Å². The summed E-state index contributed by atoms with van der Waals surface area (Å²) in [5.74, 6) is 0. The zero-order valence-electron chi connectivity index (χ0n) is 11.6. The van der Waals surface area contributed by atoms with Crippen LogP contribution in [0.2, 0.25) is 0 Å². The molecule has 2 rings (SSSR count). The molecule has 0 aliphatic heterocycles. The lowest BCUT2D eigenvalue weighted by Gasteiger charge is -2.14. The van der Waals surface area contributed by atoms with Crippen molar-refractivity contribution in [3.63, 3.8) is 0 Å². The van der Waals surface area contributed by atoms with Crippen LogP contribution in [-0.4, -0.2) is 10.2 Å². The topological polar surface area (TPSA) is 44.3 Å². The van der Waals surface area contributed by atoms with Gasteiger partial charge < -0.3 is 15.7 Å². The number of para-hydroxylation sites is 1. The van der Waals surface area contributed by atoms with Crippen LogP contribution in [0.15, 0.2) is 42.5 Å². The van der Waals surface area contributed by atoms with Crippen LogP contribution in [0, 0.1) is 13.8 Å². The molecule has 0 saturated heterocycles. The van der Waals surface area contributed by atoms with Gasteiger partial charge in [0.15, 0.2) is 5.11 Å². The van der Waals surface area contributed by atoms with Gasteiger partial charge in [0.05, 0.1) is 6.61 Å². The highest BCUT2D eigenvalue weighted by Crippen LogP contribution is 2.18. The highest BCUT2D eigenvalue weighted by Gasteiger charge is 2.04. The van der Waals surface area contributed by atoms with Crippen LogP contribution in [0.4, 0.5) is 11.4 Å². The summed E-state index contributed by atoms with van der Waals surface area (Å²) in [4.78, 5) is 0. The van der Waals surface area contributed by atoms with E-state index in [9.17, 15) is 5.11 Å². The minimum Gasteiger partial charge on any atom is -0.392 e. The number of aliphatic hydroxyl groups is 1. The SMILES string of the molecule is Cc1ccc(NC(=S)Nc2ccccc2CO)c(C)c1. The lowest BCUT2D eigenvalue weighted by Crippen LogP contribution is -2.20. The Morgan fingerprint density at radius 1 is 1.05 bits per heavy atom. The first-order valence-electron chi connectivity index (χ1n) is 6.44. The molecule has 2 aromatic rings. The molecule has 0 fully saturated rings. The highest BCUT2D eigenvalue weighted by molar-refractivity contribution is 7.80. The molecule has 0 unspecified atom stereocenters. The Hall–Kier alpha value is -1.91. The van der Waals surface area contributed by atoms with Crippen LogP contribution in [0.5, 0.6) is 0 Å². The summed E-state index contributed by atoms with van der Waals surface area (Å²) in [6, 6.07) is 13.7. The van der Waals surface area contributed by atoms with Crippen LogP contribution in [0.1, 0.15) is 16.7 Å². The monoisotopic (exact) mass is 286 g/mol. The number of hydrogen-bond donors (Lipinski definition) is 3. The van der Waals surface area contributed by atoms with Gasteiger partial charge in [0, 0.05) is 16.9 Å². The molecule has 0 atom stereocenters. The van der Waals surface area contributed by atoms with E-state index in [1.165, 1.54) is 5.56 Å². The second-order valence-electron chi connectivity index (χ2n) is 4.71. The molecule has 4 heteroatoms. The van der Waals surface area contributed by atoms with Gasteiger partial charge in [-0.3, -0.25) is 0 Å². The fourth-order valence-electron chi connectivity index (χ4n) is 2.01. The number of thiocarbonyl (C=S) groups is 1. The van der Waals surface area contributed by atoms with Crippen LogP contribution in [-0.2, 0) is 6.61 Å². The molecule has 0 heterocycles. The van der Waals surface area contributed by atoms with Crippen molar-refractivity contribution in [1.82, 2.24) is 0 Å². The average Bonchev–Trinajstić information content (AvgIpc) is 2.42. The molecule has 0 radical (unpaired) electrons. The minimum absolute atomic E-state index is 0.0185. The maximum absolute atomic E-state index is 9.29. The molecule has 3 N–H and O–H groups in total. The molecule has 104 valence electrons. The number of rotatable bonds is 3. The Morgan fingerprint density at radius 2 is 1.75 bits per heavy atom. The summed E-state index contributed by atoms with van der Waals surface area (Å²) in [7, 11) is 0. The molecule has 0 spiro atoms. The van der Waals surface area contributed by atoms with Crippen LogP contribution >= 0.6 is 12.2 Å². The summed E-state index contributed by atoms with van der Waals surface area (Å²) in [5.41, 5.74) is 4.98. The largest absolute Gasteiger partial charge is 0.392 e. The van der Waals surface area contributed by atoms with E-state index < -0.39 is 0 Å². The Bertz CT molecular complexity index is 626. The van der Waals surface area contributed by atoms with E-state index in [1.807, 2.05) is 43.3 Å². The normalized spacial score (nSPS) is 10.2. The smallest absolute Gasteiger partial charge is 0.175 e. The summed E-state index contributed by atoms with van der Waals surface area (Å²) in [6.07, 6.45) is 0. The van der Waals surface area contributed by atoms with Gasteiger partial charge >= 0.3 is 0 Å². The summed E-state index contributed by atoms with van der Waals surface area (Å²) >= 11 is 5.31. The second kappa shape index (κ2) is 6.50. The van der Waals surface area contributed by atoms with E-state index in [0.29, 0.717) is 5.11 Å². The van der Waals surface area contributed by atoms with E-state index in [4.69, 9.17) is 12.2 Å². The standard InChI is InChI=1S/C16H18N2OS/c1-11-7-8-14(12(2)9-11)17-16(20)18-15-6-4-3-5-13(15)10-19/h3-9,19H,10H2,1-2H3,(H2,17,18,20). The van der Waals surface area contributed by atoms with Crippen molar-refractivity contribution in [2.24, 2.45) is 0 Å². The predicted molar refractivity (Wildman–Crippen MR) is 88.1 cm³/mol. The molecule has 0 aromatic heterocycles. The zero-order chi connectivity index (χ0) is 14.5. The molecule has 3 nitrogen and oxygen atoms in total. The van der Waals surface area contributed by atoms with Crippen molar-refractivity contribution in [2.45, 2.75) is 20.5 Å². The fourth-order valence-corrected chi connectivity index (χ4v) is 2.23.